The molecule has 1 N–H and O–H groups in total. The number of ether oxygens (including phenoxy) is 1. The highest BCUT2D eigenvalue weighted by Crippen LogP contribution is 2.34. The van der Waals surface area contributed by atoms with Crippen LogP contribution in [0.15, 0.2) is 60.6 Å². The van der Waals surface area contributed by atoms with Crippen LogP contribution >= 0.6 is 0 Å². The van der Waals surface area contributed by atoms with Gasteiger partial charge in [0, 0.05) is 24.0 Å². The molecule has 3 heterocycles. The monoisotopic (exact) mass is 524 g/mol. The predicted molar refractivity (Wildman–Crippen MR) is 144 cm³/mol. The molecule has 196 valence electrons. The van der Waals surface area contributed by atoms with Gasteiger partial charge in [-0.05, 0) is 55.7 Å². The van der Waals surface area contributed by atoms with Crippen molar-refractivity contribution in [1.29, 1.82) is 5.26 Å². The lowest BCUT2D eigenvalue weighted by molar-refractivity contribution is 0.223. The van der Waals surface area contributed by atoms with Crippen LogP contribution in [0.3, 0.4) is 0 Å². The number of alkyl halides is 1. The zero-order valence-corrected chi connectivity index (χ0v) is 21.4. The van der Waals surface area contributed by atoms with Crippen molar-refractivity contribution in [3.8, 4) is 6.07 Å². The van der Waals surface area contributed by atoms with Crippen molar-refractivity contribution in [2.75, 3.05) is 28.3 Å². The maximum Gasteiger partial charge on any atom is 0.284 e. The first-order chi connectivity index (χ1) is 18.9. The van der Waals surface area contributed by atoms with Crippen molar-refractivity contribution >= 4 is 35.0 Å². The molecule has 9 nitrogen and oxygen atoms in total. The molecular formula is C29H25FN6O3. The largest absolute Gasteiger partial charge is 0.468 e. The van der Waals surface area contributed by atoms with E-state index in [9.17, 15) is 19.2 Å². The van der Waals surface area contributed by atoms with Crippen molar-refractivity contribution in [2.24, 2.45) is 0 Å². The number of fused-ring (bicyclic) bond motifs is 1. The second-order valence-corrected chi connectivity index (χ2v) is 9.37. The number of halogens is 1. The molecule has 1 fully saturated rings. The van der Waals surface area contributed by atoms with Gasteiger partial charge in [-0.1, -0.05) is 24.3 Å². The van der Waals surface area contributed by atoms with Gasteiger partial charge in [-0.25, -0.2) is 19.0 Å². The summed E-state index contributed by atoms with van der Waals surface area (Å²) >= 11 is 0. The topological polar surface area (TPSA) is 111 Å². The van der Waals surface area contributed by atoms with Crippen molar-refractivity contribution in [2.45, 2.75) is 38.5 Å². The number of benzene rings is 2. The molecule has 0 amide bonds. The Kier molecular flexibility index (Phi) is 7.11. The van der Waals surface area contributed by atoms with Crippen LogP contribution in [0.1, 0.15) is 42.1 Å². The SMILES string of the molecule is C[C@H](Nc1nccc(N2C(=C=O)OC[C@@H]2[C@H](C)F)n1)c1ccc2c(c1)CCN(c1cccc(C#N)c1)C2=C=O. The van der Waals surface area contributed by atoms with Gasteiger partial charge in [0.1, 0.15) is 30.3 Å². The molecule has 39 heavy (non-hydrogen) atoms. The Balaban J connectivity index is 1.37. The van der Waals surface area contributed by atoms with Gasteiger partial charge in [-0.15, -0.1) is 0 Å². The first-order valence-corrected chi connectivity index (χ1v) is 12.5. The molecule has 5 rings (SSSR count). The van der Waals surface area contributed by atoms with Gasteiger partial charge < -0.3 is 15.0 Å². The maximum absolute atomic E-state index is 14.2. The number of aromatic nitrogens is 2. The van der Waals surface area contributed by atoms with Crippen molar-refractivity contribution < 1.29 is 18.7 Å². The van der Waals surface area contributed by atoms with Crippen LogP contribution < -0.4 is 15.1 Å². The quantitative estimate of drug-likeness (QED) is 0.479. The Morgan fingerprint density at radius 1 is 1.15 bits per heavy atom. The number of nitriles is 1. The maximum atomic E-state index is 14.2. The second kappa shape index (κ2) is 10.8. The van der Waals surface area contributed by atoms with Crippen molar-refractivity contribution in [3.63, 3.8) is 0 Å². The normalized spacial score (nSPS) is 17.8. The van der Waals surface area contributed by atoms with Gasteiger partial charge in [0.25, 0.3) is 5.88 Å². The Bertz CT molecular complexity index is 1550. The number of nitrogens with zero attached hydrogens (tertiary/aromatic N) is 5. The average molecular weight is 525 g/mol. The molecule has 0 spiro atoms. The highest BCUT2D eigenvalue weighted by Gasteiger charge is 2.37. The number of carbonyl (C=O) groups excluding carboxylic acids is 2. The summed E-state index contributed by atoms with van der Waals surface area (Å²) in [6.07, 6.45) is 0.970. The van der Waals surface area contributed by atoms with E-state index in [1.54, 1.807) is 30.2 Å². The third-order valence-electron chi connectivity index (χ3n) is 6.93. The van der Waals surface area contributed by atoms with E-state index in [1.807, 2.05) is 36.1 Å². The first kappa shape index (κ1) is 25.7. The lowest BCUT2D eigenvalue weighted by Gasteiger charge is -2.31. The lowest BCUT2D eigenvalue weighted by Crippen LogP contribution is -2.37. The van der Waals surface area contributed by atoms with Crippen LogP contribution in [0.5, 0.6) is 0 Å². The fraction of sp³-hybridized carbons (Fsp3) is 0.276. The number of anilines is 3. The number of hydrogen-bond donors (Lipinski definition) is 1. The molecule has 2 aliphatic heterocycles. The Morgan fingerprint density at radius 3 is 2.74 bits per heavy atom. The van der Waals surface area contributed by atoms with E-state index in [1.165, 1.54) is 18.0 Å². The van der Waals surface area contributed by atoms with Crippen LogP contribution in [-0.2, 0) is 20.7 Å². The molecule has 2 aromatic carbocycles. The van der Waals surface area contributed by atoms with Crippen LogP contribution in [-0.4, -0.2) is 47.2 Å². The summed E-state index contributed by atoms with van der Waals surface area (Å²) in [6.45, 7) is 3.96. The summed E-state index contributed by atoms with van der Waals surface area (Å²) in [5.41, 5.74) is 4.49. The van der Waals surface area contributed by atoms with E-state index in [2.05, 4.69) is 27.3 Å². The summed E-state index contributed by atoms with van der Waals surface area (Å²) in [5, 5.41) is 12.5. The van der Waals surface area contributed by atoms with Crippen LogP contribution in [0.2, 0.25) is 0 Å². The molecule has 1 aromatic heterocycles. The van der Waals surface area contributed by atoms with Gasteiger partial charge >= 0.3 is 0 Å². The molecule has 0 unspecified atom stereocenters. The third kappa shape index (κ3) is 4.97. The molecule has 0 saturated carbocycles. The molecule has 2 aliphatic rings. The fourth-order valence-electron chi connectivity index (χ4n) is 4.90. The molecule has 0 radical (unpaired) electrons. The van der Waals surface area contributed by atoms with Crippen LogP contribution in [0.25, 0.3) is 5.70 Å². The first-order valence-electron chi connectivity index (χ1n) is 12.5. The molecule has 3 atom stereocenters. The highest BCUT2D eigenvalue weighted by atomic mass is 19.1. The van der Waals surface area contributed by atoms with Crippen LogP contribution in [0.4, 0.5) is 21.8 Å². The molecule has 0 bridgehead atoms. The smallest absolute Gasteiger partial charge is 0.284 e. The van der Waals surface area contributed by atoms with Gasteiger partial charge in [0.15, 0.2) is 11.9 Å². The number of rotatable bonds is 6. The molecule has 0 aliphatic carbocycles. The van der Waals surface area contributed by atoms with Crippen LogP contribution in [0, 0.1) is 11.3 Å². The summed E-state index contributed by atoms with van der Waals surface area (Å²) in [5.74, 6) is 4.33. The number of nitrogens with one attached hydrogen (secondary N) is 1. The van der Waals surface area contributed by atoms with E-state index in [0.29, 0.717) is 36.0 Å². The summed E-state index contributed by atoms with van der Waals surface area (Å²) < 4.78 is 19.5. The Hall–Kier alpha value is -4.96. The molecule has 1 saturated heterocycles. The lowest BCUT2D eigenvalue weighted by atomic mass is 9.92. The summed E-state index contributed by atoms with van der Waals surface area (Å²) in [4.78, 5) is 35.4. The van der Waals surface area contributed by atoms with E-state index in [0.717, 1.165) is 22.4 Å². The fourth-order valence-corrected chi connectivity index (χ4v) is 4.90. The Labute approximate surface area is 224 Å². The zero-order valence-electron chi connectivity index (χ0n) is 21.4. The van der Waals surface area contributed by atoms with Gasteiger partial charge in [-0.3, -0.25) is 4.90 Å². The van der Waals surface area contributed by atoms with E-state index in [4.69, 9.17) is 4.74 Å². The summed E-state index contributed by atoms with van der Waals surface area (Å²) in [7, 11) is 0. The average Bonchev–Trinajstić information content (AvgIpc) is 3.41. The Morgan fingerprint density at radius 2 is 2.00 bits per heavy atom. The predicted octanol–water partition coefficient (Wildman–Crippen LogP) is 3.99. The third-order valence-corrected chi connectivity index (χ3v) is 6.93. The molecular weight excluding hydrogens is 499 g/mol. The molecule has 3 aromatic rings. The van der Waals surface area contributed by atoms with Crippen molar-refractivity contribution in [3.05, 3.63) is 82.9 Å². The minimum absolute atomic E-state index is 0.0267. The minimum atomic E-state index is -1.26. The van der Waals surface area contributed by atoms with E-state index in [-0.39, 0.29) is 18.5 Å². The van der Waals surface area contributed by atoms with Crippen molar-refractivity contribution in [1.82, 2.24) is 9.97 Å². The highest BCUT2D eigenvalue weighted by molar-refractivity contribution is 5.97. The standard InChI is InChI=1S/C29H25FN6O3/c1-18(30)26-17-39-28(16-38)36(26)27-8-10-32-29(34-27)33-19(2)21-6-7-24-22(13-21)9-11-35(25(24)15-37)23-5-3-4-20(12-23)14-31/h3-8,10,12-13,18-19,26H,9,11,17H2,1-2H3,(H,32,33,34)/t18-,19-,26+/m0/s1. The summed E-state index contributed by atoms with van der Waals surface area (Å²) in [6, 6.07) is 15.8. The second-order valence-electron chi connectivity index (χ2n) is 9.37. The van der Waals surface area contributed by atoms with Gasteiger partial charge in [0.05, 0.1) is 17.7 Å². The zero-order chi connectivity index (χ0) is 27.5. The number of hydrogen-bond acceptors (Lipinski definition) is 9. The molecule has 10 heteroatoms. The van der Waals surface area contributed by atoms with Gasteiger partial charge in [-0.2, -0.15) is 10.2 Å². The van der Waals surface area contributed by atoms with Gasteiger partial charge in [0.2, 0.25) is 5.95 Å². The van der Waals surface area contributed by atoms with E-state index >= 15 is 0 Å². The van der Waals surface area contributed by atoms with E-state index < -0.39 is 12.2 Å². The minimum Gasteiger partial charge on any atom is -0.468 e.